The van der Waals surface area contributed by atoms with Crippen molar-refractivity contribution in [3.63, 3.8) is 0 Å². The van der Waals surface area contributed by atoms with Gasteiger partial charge in [-0.3, -0.25) is 37.3 Å². The van der Waals surface area contributed by atoms with Gasteiger partial charge in [0, 0.05) is 25.7 Å². The lowest BCUT2D eigenvalue weighted by molar-refractivity contribution is -0.161. The van der Waals surface area contributed by atoms with Crippen molar-refractivity contribution in [3.05, 3.63) is 0 Å². The number of carbonyl (C=O) groups is 4. The summed E-state index contributed by atoms with van der Waals surface area (Å²) in [5.74, 6) is 0.0553. The molecule has 0 aliphatic rings. The molecule has 19 heteroatoms. The first kappa shape index (κ1) is 79.1. The van der Waals surface area contributed by atoms with Gasteiger partial charge in [-0.2, -0.15) is 0 Å². The van der Waals surface area contributed by atoms with E-state index in [1.165, 1.54) is 96.3 Å². The van der Waals surface area contributed by atoms with Gasteiger partial charge in [-0.1, -0.05) is 248 Å². The first-order valence-corrected chi connectivity index (χ1v) is 35.4. The molecular weight excluding hydrogens is 1080 g/mol. The molecular formula is C62H120O17P2. The first-order chi connectivity index (χ1) is 38.8. The average molecular weight is 1200 g/mol. The maximum atomic E-state index is 13.0. The molecule has 81 heavy (non-hydrogen) atoms. The minimum Gasteiger partial charge on any atom is -0.462 e. The first-order valence-electron chi connectivity index (χ1n) is 32.4. The molecule has 0 rings (SSSR count). The Morgan fingerprint density at radius 1 is 0.358 bits per heavy atom. The maximum absolute atomic E-state index is 13.0. The quantitative estimate of drug-likeness (QED) is 0.0222. The van der Waals surface area contributed by atoms with Gasteiger partial charge in [-0.25, -0.2) is 9.13 Å². The third-order valence-electron chi connectivity index (χ3n) is 14.5. The van der Waals surface area contributed by atoms with Crippen LogP contribution < -0.4 is 0 Å². The van der Waals surface area contributed by atoms with Crippen LogP contribution in [-0.2, 0) is 65.4 Å². The molecule has 0 aliphatic heterocycles. The molecule has 17 nitrogen and oxygen atoms in total. The molecule has 0 amide bonds. The second kappa shape index (κ2) is 53.5. The molecule has 0 saturated heterocycles. The zero-order valence-corrected chi connectivity index (χ0v) is 54.0. The van der Waals surface area contributed by atoms with Crippen molar-refractivity contribution < 1.29 is 80.2 Å². The molecule has 6 atom stereocenters. The van der Waals surface area contributed by atoms with Crippen molar-refractivity contribution in [2.24, 2.45) is 17.8 Å². The number of unbranched alkanes of at least 4 members (excludes halogenated alkanes) is 27. The number of hydrogen-bond donors (Lipinski definition) is 3. The molecule has 0 radical (unpaired) electrons. The SMILES string of the molecule is CCCCCCCCCC(=O)OC[C@H](COP(=O)(O)OC[C@H](O)COP(=O)(O)OC[C@@H](COC(=O)CCCCCCCCCCCC(C)C)OC(=O)CCCCCCCCCCCC(C)C)OC(=O)CCCCCCCCC(C)CC. The third kappa shape index (κ3) is 55.7. The zero-order chi connectivity index (χ0) is 60.3. The van der Waals surface area contributed by atoms with E-state index in [0.29, 0.717) is 25.7 Å². The van der Waals surface area contributed by atoms with Crippen LogP contribution in [0.15, 0.2) is 0 Å². The maximum Gasteiger partial charge on any atom is 0.472 e. The Hall–Kier alpha value is -1.94. The van der Waals surface area contributed by atoms with Crippen molar-refractivity contribution in [2.45, 2.75) is 317 Å². The van der Waals surface area contributed by atoms with Crippen molar-refractivity contribution in [1.29, 1.82) is 0 Å². The molecule has 0 aromatic heterocycles. The highest BCUT2D eigenvalue weighted by Gasteiger charge is 2.30. The van der Waals surface area contributed by atoms with Crippen LogP contribution in [0.25, 0.3) is 0 Å². The molecule has 3 N–H and O–H groups in total. The summed E-state index contributed by atoms with van der Waals surface area (Å²) in [6.07, 6.45) is 33.6. The fraction of sp³-hybridized carbons (Fsp3) is 0.935. The van der Waals surface area contributed by atoms with Crippen molar-refractivity contribution in [1.82, 2.24) is 0 Å². The Morgan fingerprint density at radius 3 is 0.938 bits per heavy atom. The summed E-state index contributed by atoms with van der Waals surface area (Å²) >= 11 is 0. The fourth-order valence-electron chi connectivity index (χ4n) is 9.09. The second-order valence-corrected chi connectivity index (χ2v) is 26.5. The molecule has 3 unspecified atom stereocenters. The normalized spacial score (nSPS) is 14.8. The van der Waals surface area contributed by atoms with E-state index in [4.69, 9.17) is 37.0 Å². The third-order valence-corrected chi connectivity index (χ3v) is 16.4. The van der Waals surface area contributed by atoms with E-state index in [9.17, 15) is 43.2 Å². The van der Waals surface area contributed by atoms with Crippen molar-refractivity contribution in [2.75, 3.05) is 39.6 Å². The lowest BCUT2D eigenvalue weighted by Crippen LogP contribution is -2.30. The van der Waals surface area contributed by atoms with Crippen LogP contribution in [0.1, 0.15) is 299 Å². The van der Waals surface area contributed by atoms with Gasteiger partial charge in [0.15, 0.2) is 12.2 Å². The number of carbonyl (C=O) groups excluding carboxylic acids is 4. The number of hydrogen-bond acceptors (Lipinski definition) is 15. The van der Waals surface area contributed by atoms with Gasteiger partial charge >= 0.3 is 39.5 Å². The zero-order valence-electron chi connectivity index (χ0n) is 52.2. The summed E-state index contributed by atoms with van der Waals surface area (Å²) in [6, 6.07) is 0. The van der Waals surface area contributed by atoms with Gasteiger partial charge in [0.25, 0.3) is 0 Å². The van der Waals surface area contributed by atoms with Gasteiger partial charge < -0.3 is 33.8 Å². The number of phosphoric acid groups is 2. The second-order valence-electron chi connectivity index (χ2n) is 23.6. The summed E-state index contributed by atoms with van der Waals surface area (Å²) in [5.41, 5.74) is 0. The van der Waals surface area contributed by atoms with E-state index >= 15 is 0 Å². The van der Waals surface area contributed by atoms with Crippen LogP contribution in [0.2, 0.25) is 0 Å². The highest BCUT2D eigenvalue weighted by atomic mass is 31.2. The number of aliphatic hydroxyl groups excluding tert-OH is 1. The summed E-state index contributed by atoms with van der Waals surface area (Å²) in [7, 11) is -9.88. The largest absolute Gasteiger partial charge is 0.472 e. The molecule has 0 saturated carbocycles. The number of rotatable bonds is 60. The monoisotopic (exact) mass is 1200 g/mol. The Labute approximate surface area is 492 Å². The Balaban J connectivity index is 5.23. The molecule has 0 spiro atoms. The number of phosphoric ester groups is 2. The van der Waals surface area contributed by atoms with Gasteiger partial charge in [-0.15, -0.1) is 0 Å². The van der Waals surface area contributed by atoms with Crippen LogP contribution in [0, 0.1) is 17.8 Å². The van der Waals surface area contributed by atoms with Crippen LogP contribution in [0.3, 0.4) is 0 Å². The predicted molar refractivity (Wildman–Crippen MR) is 321 cm³/mol. The topological polar surface area (TPSA) is 237 Å². The van der Waals surface area contributed by atoms with E-state index < -0.39 is 97.5 Å². The lowest BCUT2D eigenvalue weighted by atomic mass is 10.00. The van der Waals surface area contributed by atoms with E-state index in [0.717, 1.165) is 120 Å². The van der Waals surface area contributed by atoms with E-state index in [-0.39, 0.29) is 25.7 Å². The Morgan fingerprint density at radius 2 is 0.630 bits per heavy atom. The molecule has 0 heterocycles. The summed E-state index contributed by atoms with van der Waals surface area (Å²) in [4.78, 5) is 72.0. The minimum atomic E-state index is -4.94. The Kier molecular flexibility index (Phi) is 52.2. The van der Waals surface area contributed by atoms with Crippen LogP contribution >= 0.6 is 15.6 Å². The van der Waals surface area contributed by atoms with Gasteiger partial charge in [0.2, 0.25) is 0 Å². The van der Waals surface area contributed by atoms with Gasteiger partial charge in [0.1, 0.15) is 19.3 Å². The van der Waals surface area contributed by atoms with Gasteiger partial charge in [0.05, 0.1) is 26.4 Å². The standard InChI is InChI=1S/C62H120O17P2/c1-8-10-11-12-19-29-36-43-59(64)72-49-58(79-62(67)46-39-32-25-24-28-35-42-55(7)9-2)52-77-81(70,71)75-48-56(63)47-74-80(68,69)76-51-57(78-61(66)45-38-31-23-18-14-16-21-27-34-41-54(5)6)50-73-60(65)44-37-30-22-17-13-15-20-26-33-40-53(3)4/h53-58,63H,8-52H2,1-7H3,(H,68,69)(H,70,71)/t55?,56-,57-,58-/m1/s1. The summed E-state index contributed by atoms with van der Waals surface area (Å²) < 4.78 is 67.8. The molecule has 0 fully saturated rings. The number of aliphatic hydroxyl groups is 1. The van der Waals surface area contributed by atoms with Crippen molar-refractivity contribution >= 4 is 39.5 Å². The van der Waals surface area contributed by atoms with Gasteiger partial charge in [-0.05, 0) is 43.4 Å². The van der Waals surface area contributed by atoms with Crippen LogP contribution in [-0.4, -0.2) is 96.7 Å². The minimum absolute atomic E-state index is 0.102. The molecule has 480 valence electrons. The van der Waals surface area contributed by atoms with E-state index in [1.54, 1.807) is 0 Å². The summed E-state index contributed by atoms with van der Waals surface area (Å²) in [6.45, 7) is 11.6. The molecule has 0 aliphatic carbocycles. The number of esters is 4. The molecule has 0 aromatic rings. The highest BCUT2D eigenvalue weighted by molar-refractivity contribution is 7.47. The Bertz CT molecular complexity index is 1620. The lowest BCUT2D eigenvalue weighted by Gasteiger charge is -2.21. The smallest absolute Gasteiger partial charge is 0.462 e. The predicted octanol–water partition coefficient (Wildman–Crippen LogP) is 16.7. The van der Waals surface area contributed by atoms with Crippen LogP contribution in [0.4, 0.5) is 0 Å². The number of ether oxygens (including phenoxy) is 4. The summed E-state index contributed by atoms with van der Waals surface area (Å²) in [5, 5.41) is 10.5. The highest BCUT2D eigenvalue weighted by Crippen LogP contribution is 2.45. The molecule has 0 aromatic carbocycles. The van der Waals surface area contributed by atoms with E-state index in [2.05, 4.69) is 48.5 Å². The van der Waals surface area contributed by atoms with Crippen LogP contribution in [0.5, 0.6) is 0 Å². The van der Waals surface area contributed by atoms with E-state index in [1.807, 2.05) is 0 Å². The fourth-order valence-corrected chi connectivity index (χ4v) is 10.7. The average Bonchev–Trinajstić information content (AvgIpc) is 3.42. The molecule has 0 bridgehead atoms. The van der Waals surface area contributed by atoms with Crippen molar-refractivity contribution in [3.8, 4) is 0 Å².